The third kappa shape index (κ3) is 3.40. The van der Waals surface area contributed by atoms with E-state index in [1.165, 1.54) is 4.88 Å². The number of carbonyl (C=O) groups excluding carboxylic acids is 1. The minimum absolute atomic E-state index is 0.159. The first kappa shape index (κ1) is 17.3. The molecule has 2 aromatic heterocycles. The quantitative estimate of drug-likeness (QED) is 0.745. The van der Waals surface area contributed by atoms with E-state index in [-0.39, 0.29) is 11.9 Å². The molecule has 26 heavy (non-hydrogen) atoms. The van der Waals surface area contributed by atoms with E-state index in [4.69, 9.17) is 9.15 Å². The number of thiophene rings is 1. The molecule has 3 heterocycles. The number of furan rings is 1. The minimum Gasteiger partial charge on any atom is -0.451 e. The molecule has 1 amide bonds. The Morgan fingerprint density at radius 3 is 2.77 bits per heavy atom. The molecule has 0 aliphatic carbocycles. The standard InChI is InChI=1S/C20H22N2O3S/c1-14-15-5-2-3-6-17(15)25-19(14)20(23)21-13-16(18-7-4-12-26-18)22-8-10-24-11-9-22/h2-7,12,16H,8-11,13H2,1H3,(H,21,23)/t16-/m1/s1. The molecular weight excluding hydrogens is 348 g/mol. The Balaban J connectivity index is 1.51. The predicted molar refractivity (Wildman–Crippen MR) is 103 cm³/mol. The second kappa shape index (κ2) is 7.61. The van der Waals surface area contributed by atoms with Gasteiger partial charge in [-0.05, 0) is 24.4 Å². The molecule has 5 nitrogen and oxygen atoms in total. The highest BCUT2D eigenvalue weighted by Gasteiger charge is 2.25. The van der Waals surface area contributed by atoms with Crippen molar-refractivity contribution in [3.63, 3.8) is 0 Å². The molecule has 0 saturated carbocycles. The lowest BCUT2D eigenvalue weighted by Crippen LogP contribution is -2.43. The zero-order chi connectivity index (χ0) is 17.9. The first-order valence-electron chi connectivity index (χ1n) is 8.85. The van der Waals surface area contributed by atoms with Crippen LogP contribution in [0.3, 0.4) is 0 Å². The summed E-state index contributed by atoms with van der Waals surface area (Å²) in [6.45, 7) is 5.70. The minimum atomic E-state index is -0.159. The van der Waals surface area contributed by atoms with E-state index in [1.54, 1.807) is 11.3 Å². The van der Waals surface area contributed by atoms with Crippen LogP contribution in [0.2, 0.25) is 0 Å². The van der Waals surface area contributed by atoms with E-state index in [0.717, 1.165) is 42.8 Å². The molecule has 136 valence electrons. The summed E-state index contributed by atoms with van der Waals surface area (Å²) in [5, 5.41) is 6.14. The molecule has 0 unspecified atom stereocenters. The number of fused-ring (bicyclic) bond motifs is 1. The lowest BCUT2D eigenvalue weighted by Gasteiger charge is -2.34. The molecule has 1 N–H and O–H groups in total. The fraction of sp³-hybridized carbons (Fsp3) is 0.350. The van der Waals surface area contributed by atoms with Crippen molar-refractivity contribution < 1.29 is 13.9 Å². The number of hydrogen-bond acceptors (Lipinski definition) is 5. The Kier molecular flexibility index (Phi) is 5.06. The number of morpholine rings is 1. The Labute approximate surface area is 156 Å². The van der Waals surface area contributed by atoms with Gasteiger partial charge in [-0.25, -0.2) is 0 Å². The molecule has 0 spiro atoms. The molecule has 1 aromatic carbocycles. The Morgan fingerprint density at radius 1 is 1.23 bits per heavy atom. The SMILES string of the molecule is Cc1c(C(=O)NC[C@H](c2cccs2)N2CCOCC2)oc2ccccc12. The smallest absolute Gasteiger partial charge is 0.287 e. The number of carbonyl (C=O) groups is 1. The molecule has 1 atom stereocenters. The zero-order valence-corrected chi connectivity index (χ0v) is 15.6. The molecule has 1 aliphatic heterocycles. The van der Waals surface area contributed by atoms with Crippen LogP contribution in [-0.4, -0.2) is 43.7 Å². The van der Waals surface area contributed by atoms with E-state index in [9.17, 15) is 4.79 Å². The molecule has 6 heteroatoms. The third-order valence-electron chi connectivity index (χ3n) is 4.86. The first-order chi connectivity index (χ1) is 12.7. The monoisotopic (exact) mass is 370 g/mol. The van der Waals surface area contributed by atoms with Crippen molar-refractivity contribution in [2.45, 2.75) is 13.0 Å². The van der Waals surface area contributed by atoms with Crippen molar-refractivity contribution in [2.75, 3.05) is 32.8 Å². The fourth-order valence-corrected chi connectivity index (χ4v) is 4.30. The summed E-state index contributed by atoms with van der Waals surface area (Å²) in [6.07, 6.45) is 0. The topological polar surface area (TPSA) is 54.7 Å². The number of nitrogens with one attached hydrogen (secondary N) is 1. The largest absolute Gasteiger partial charge is 0.451 e. The van der Waals surface area contributed by atoms with Crippen molar-refractivity contribution in [2.24, 2.45) is 0 Å². The van der Waals surface area contributed by atoms with Gasteiger partial charge in [-0.3, -0.25) is 9.69 Å². The summed E-state index contributed by atoms with van der Waals surface area (Å²) in [7, 11) is 0. The number of ether oxygens (including phenoxy) is 1. The van der Waals surface area contributed by atoms with Gasteiger partial charge >= 0.3 is 0 Å². The first-order valence-corrected chi connectivity index (χ1v) is 9.73. The normalized spacial score (nSPS) is 16.7. The molecule has 4 rings (SSSR count). The van der Waals surface area contributed by atoms with Crippen LogP contribution in [0.5, 0.6) is 0 Å². The number of para-hydroxylation sites is 1. The van der Waals surface area contributed by atoms with Crippen LogP contribution in [0.25, 0.3) is 11.0 Å². The number of benzene rings is 1. The van der Waals surface area contributed by atoms with Crippen LogP contribution < -0.4 is 5.32 Å². The number of hydrogen-bond donors (Lipinski definition) is 1. The van der Waals surface area contributed by atoms with Gasteiger partial charge in [0, 0.05) is 35.5 Å². The van der Waals surface area contributed by atoms with Gasteiger partial charge in [0.05, 0.1) is 19.3 Å². The van der Waals surface area contributed by atoms with Crippen molar-refractivity contribution in [3.05, 3.63) is 58.0 Å². The van der Waals surface area contributed by atoms with Gasteiger partial charge in [0.15, 0.2) is 5.76 Å². The average Bonchev–Trinajstić information content (AvgIpc) is 3.32. The third-order valence-corrected chi connectivity index (χ3v) is 5.84. The molecular formula is C20H22N2O3S. The van der Waals surface area contributed by atoms with Crippen LogP contribution in [0.4, 0.5) is 0 Å². The van der Waals surface area contributed by atoms with E-state index >= 15 is 0 Å². The summed E-state index contributed by atoms with van der Waals surface area (Å²) in [5.74, 6) is 0.242. The van der Waals surface area contributed by atoms with Gasteiger partial charge < -0.3 is 14.5 Å². The maximum Gasteiger partial charge on any atom is 0.287 e. The van der Waals surface area contributed by atoms with Gasteiger partial charge in [-0.15, -0.1) is 11.3 Å². The maximum absolute atomic E-state index is 12.7. The van der Waals surface area contributed by atoms with Crippen molar-refractivity contribution in [1.29, 1.82) is 0 Å². The van der Waals surface area contributed by atoms with Gasteiger partial charge in [0.2, 0.25) is 0 Å². The maximum atomic E-state index is 12.7. The summed E-state index contributed by atoms with van der Waals surface area (Å²) >= 11 is 1.72. The van der Waals surface area contributed by atoms with Gasteiger partial charge in [-0.1, -0.05) is 24.3 Å². The number of rotatable bonds is 5. The number of nitrogens with zero attached hydrogens (tertiary/aromatic N) is 1. The Morgan fingerprint density at radius 2 is 2.04 bits per heavy atom. The lowest BCUT2D eigenvalue weighted by atomic mass is 10.1. The van der Waals surface area contributed by atoms with Crippen LogP contribution in [0.15, 0.2) is 46.2 Å². The summed E-state index contributed by atoms with van der Waals surface area (Å²) in [4.78, 5) is 16.4. The highest BCUT2D eigenvalue weighted by atomic mass is 32.1. The van der Waals surface area contributed by atoms with E-state index in [1.807, 2.05) is 31.2 Å². The summed E-state index contributed by atoms with van der Waals surface area (Å²) in [5.41, 5.74) is 1.63. The van der Waals surface area contributed by atoms with Crippen LogP contribution >= 0.6 is 11.3 Å². The van der Waals surface area contributed by atoms with E-state index in [0.29, 0.717) is 12.3 Å². The fourth-order valence-electron chi connectivity index (χ4n) is 3.44. The molecule has 0 radical (unpaired) electrons. The summed E-state index contributed by atoms with van der Waals surface area (Å²) in [6, 6.07) is 12.1. The van der Waals surface area contributed by atoms with E-state index in [2.05, 4.69) is 27.7 Å². The zero-order valence-electron chi connectivity index (χ0n) is 14.7. The van der Waals surface area contributed by atoms with Crippen LogP contribution in [-0.2, 0) is 4.74 Å². The molecule has 0 bridgehead atoms. The predicted octanol–water partition coefficient (Wildman–Crippen LogP) is 3.61. The second-order valence-corrected chi connectivity index (χ2v) is 7.42. The van der Waals surface area contributed by atoms with Crippen LogP contribution in [0, 0.1) is 6.92 Å². The Bertz CT molecular complexity index is 882. The molecule has 1 fully saturated rings. The average molecular weight is 370 g/mol. The van der Waals surface area contributed by atoms with Crippen molar-refractivity contribution >= 4 is 28.2 Å². The van der Waals surface area contributed by atoms with Gasteiger partial charge in [0.25, 0.3) is 5.91 Å². The molecule has 1 aliphatic rings. The van der Waals surface area contributed by atoms with Crippen molar-refractivity contribution in [1.82, 2.24) is 10.2 Å². The number of amides is 1. The molecule has 1 saturated heterocycles. The molecule has 3 aromatic rings. The van der Waals surface area contributed by atoms with Gasteiger partial charge in [-0.2, -0.15) is 0 Å². The van der Waals surface area contributed by atoms with Crippen molar-refractivity contribution in [3.8, 4) is 0 Å². The summed E-state index contributed by atoms with van der Waals surface area (Å²) < 4.78 is 11.3. The van der Waals surface area contributed by atoms with E-state index < -0.39 is 0 Å². The Hall–Kier alpha value is -2.15. The highest BCUT2D eigenvalue weighted by molar-refractivity contribution is 7.10. The lowest BCUT2D eigenvalue weighted by molar-refractivity contribution is 0.0168. The second-order valence-electron chi connectivity index (χ2n) is 6.44. The van der Waals surface area contributed by atoms with Gasteiger partial charge in [0.1, 0.15) is 5.58 Å². The highest BCUT2D eigenvalue weighted by Crippen LogP contribution is 2.27. The number of aryl methyl sites for hydroxylation is 1. The van der Waals surface area contributed by atoms with Crippen LogP contribution in [0.1, 0.15) is 27.0 Å².